The van der Waals surface area contributed by atoms with Crippen molar-refractivity contribution in [3.63, 3.8) is 0 Å². The van der Waals surface area contributed by atoms with E-state index in [0.29, 0.717) is 13.0 Å². The molecule has 1 N–H and O–H groups in total. The summed E-state index contributed by atoms with van der Waals surface area (Å²) in [7, 11) is 1.62. The van der Waals surface area contributed by atoms with Crippen LogP contribution in [0.5, 0.6) is 11.5 Å². The predicted octanol–water partition coefficient (Wildman–Crippen LogP) is 2.72. The van der Waals surface area contributed by atoms with E-state index in [2.05, 4.69) is 0 Å². The van der Waals surface area contributed by atoms with Gasteiger partial charge in [-0.2, -0.15) is 0 Å². The lowest BCUT2D eigenvalue weighted by Crippen LogP contribution is -1.99. The van der Waals surface area contributed by atoms with Crippen molar-refractivity contribution in [2.75, 3.05) is 13.7 Å². The van der Waals surface area contributed by atoms with E-state index >= 15 is 0 Å². The summed E-state index contributed by atoms with van der Waals surface area (Å²) < 4.78 is 10.5. The molecule has 4 nitrogen and oxygen atoms in total. The van der Waals surface area contributed by atoms with Crippen LogP contribution in [0, 0.1) is 0 Å². The van der Waals surface area contributed by atoms with Crippen molar-refractivity contribution >= 4 is 5.97 Å². The highest BCUT2D eigenvalue weighted by molar-refractivity contribution is 5.66. The number of carboxylic acid groups (broad SMARTS) is 1. The molecule has 0 aliphatic rings. The Morgan fingerprint density at radius 1 is 1.12 bits per heavy atom. The molecule has 94 valence electrons. The standard InChI is InChI=1S/C13H18O4/c1-16-11-6-8-12(9-7-11)17-10-4-2-3-5-13(14)15/h6-9H,2-5,10H2,1H3,(H,14,15). The van der Waals surface area contributed by atoms with Gasteiger partial charge in [-0.05, 0) is 43.5 Å². The molecule has 0 atom stereocenters. The van der Waals surface area contributed by atoms with Gasteiger partial charge >= 0.3 is 5.97 Å². The Morgan fingerprint density at radius 3 is 2.35 bits per heavy atom. The monoisotopic (exact) mass is 238 g/mol. The van der Waals surface area contributed by atoms with Crippen molar-refractivity contribution in [2.24, 2.45) is 0 Å². The fraction of sp³-hybridized carbons (Fsp3) is 0.462. The van der Waals surface area contributed by atoms with E-state index in [1.165, 1.54) is 0 Å². The van der Waals surface area contributed by atoms with Crippen molar-refractivity contribution in [3.05, 3.63) is 24.3 Å². The maximum Gasteiger partial charge on any atom is 0.303 e. The zero-order valence-electron chi connectivity index (χ0n) is 10.0. The fourth-order valence-corrected chi connectivity index (χ4v) is 1.42. The topological polar surface area (TPSA) is 55.8 Å². The van der Waals surface area contributed by atoms with E-state index in [1.807, 2.05) is 24.3 Å². The van der Waals surface area contributed by atoms with Crippen molar-refractivity contribution in [3.8, 4) is 11.5 Å². The quantitative estimate of drug-likeness (QED) is 0.707. The Bertz CT molecular complexity index is 332. The molecular formula is C13H18O4. The summed E-state index contributed by atoms with van der Waals surface area (Å²) in [6.07, 6.45) is 2.70. The van der Waals surface area contributed by atoms with E-state index in [1.54, 1.807) is 7.11 Å². The third kappa shape index (κ3) is 5.80. The van der Waals surface area contributed by atoms with E-state index in [-0.39, 0.29) is 6.42 Å². The van der Waals surface area contributed by atoms with Gasteiger partial charge in [-0.3, -0.25) is 4.79 Å². The average Bonchev–Trinajstić information content (AvgIpc) is 2.34. The zero-order valence-corrected chi connectivity index (χ0v) is 10.0. The van der Waals surface area contributed by atoms with Crippen LogP contribution in [0.1, 0.15) is 25.7 Å². The predicted molar refractivity (Wildman–Crippen MR) is 64.6 cm³/mol. The second-order valence-electron chi connectivity index (χ2n) is 3.73. The summed E-state index contributed by atoms with van der Waals surface area (Å²) >= 11 is 0. The Labute approximate surface area is 101 Å². The van der Waals surface area contributed by atoms with Gasteiger partial charge in [-0.15, -0.1) is 0 Å². The van der Waals surface area contributed by atoms with Crippen LogP contribution in [0.2, 0.25) is 0 Å². The summed E-state index contributed by atoms with van der Waals surface area (Å²) in [5.41, 5.74) is 0. The average molecular weight is 238 g/mol. The molecular weight excluding hydrogens is 220 g/mol. The Hall–Kier alpha value is -1.71. The van der Waals surface area contributed by atoms with Crippen LogP contribution < -0.4 is 9.47 Å². The molecule has 0 saturated carbocycles. The van der Waals surface area contributed by atoms with Gasteiger partial charge in [-0.1, -0.05) is 0 Å². The second kappa shape index (κ2) is 7.54. The first-order valence-electron chi connectivity index (χ1n) is 5.71. The molecule has 0 unspecified atom stereocenters. The minimum atomic E-state index is -0.735. The fourth-order valence-electron chi connectivity index (χ4n) is 1.42. The third-order valence-corrected chi connectivity index (χ3v) is 2.36. The highest BCUT2D eigenvalue weighted by Gasteiger charge is 1.98. The number of hydrogen-bond donors (Lipinski definition) is 1. The first-order chi connectivity index (χ1) is 8.22. The molecule has 0 aromatic heterocycles. The number of ether oxygens (including phenoxy) is 2. The number of unbranched alkanes of at least 4 members (excludes halogenated alkanes) is 2. The number of aliphatic carboxylic acids is 1. The Morgan fingerprint density at radius 2 is 1.76 bits per heavy atom. The van der Waals surface area contributed by atoms with Crippen LogP contribution in [0.4, 0.5) is 0 Å². The molecule has 0 bridgehead atoms. The van der Waals surface area contributed by atoms with Gasteiger partial charge in [0.15, 0.2) is 0 Å². The van der Waals surface area contributed by atoms with E-state index in [4.69, 9.17) is 14.6 Å². The highest BCUT2D eigenvalue weighted by atomic mass is 16.5. The van der Waals surface area contributed by atoms with Crippen LogP contribution in [-0.2, 0) is 4.79 Å². The van der Waals surface area contributed by atoms with Crippen molar-refractivity contribution in [1.82, 2.24) is 0 Å². The third-order valence-electron chi connectivity index (χ3n) is 2.36. The van der Waals surface area contributed by atoms with E-state index < -0.39 is 5.97 Å². The van der Waals surface area contributed by atoms with Crippen LogP contribution in [0.3, 0.4) is 0 Å². The maximum absolute atomic E-state index is 10.3. The minimum Gasteiger partial charge on any atom is -0.497 e. The summed E-state index contributed by atoms with van der Waals surface area (Å²) in [5, 5.41) is 8.45. The number of carbonyl (C=O) groups is 1. The van der Waals surface area contributed by atoms with Gasteiger partial charge in [0.05, 0.1) is 13.7 Å². The molecule has 0 amide bonds. The first kappa shape index (κ1) is 13.4. The lowest BCUT2D eigenvalue weighted by molar-refractivity contribution is -0.137. The lowest BCUT2D eigenvalue weighted by Gasteiger charge is -2.06. The molecule has 0 fully saturated rings. The molecule has 0 spiro atoms. The molecule has 4 heteroatoms. The zero-order chi connectivity index (χ0) is 12.5. The molecule has 0 heterocycles. The van der Waals surface area contributed by atoms with Crippen LogP contribution >= 0.6 is 0 Å². The number of methoxy groups -OCH3 is 1. The summed E-state index contributed by atoms with van der Waals surface area (Å²) in [4.78, 5) is 10.3. The smallest absolute Gasteiger partial charge is 0.303 e. The Kier molecular flexibility index (Phi) is 5.93. The van der Waals surface area contributed by atoms with Crippen LogP contribution in [0.15, 0.2) is 24.3 Å². The first-order valence-corrected chi connectivity index (χ1v) is 5.71. The summed E-state index contributed by atoms with van der Waals surface area (Å²) in [6, 6.07) is 7.41. The second-order valence-corrected chi connectivity index (χ2v) is 3.73. The van der Waals surface area contributed by atoms with Gasteiger partial charge in [0, 0.05) is 6.42 Å². The van der Waals surface area contributed by atoms with E-state index in [0.717, 1.165) is 24.3 Å². The van der Waals surface area contributed by atoms with Crippen LogP contribution in [0.25, 0.3) is 0 Å². The molecule has 1 aromatic rings. The molecule has 0 radical (unpaired) electrons. The molecule has 1 rings (SSSR count). The molecule has 0 aliphatic carbocycles. The number of benzene rings is 1. The van der Waals surface area contributed by atoms with Crippen molar-refractivity contribution in [2.45, 2.75) is 25.7 Å². The van der Waals surface area contributed by atoms with Gasteiger partial charge in [0.2, 0.25) is 0 Å². The summed E-state index contributed by atoms with van der Waals surface area (Å²) in [5.74, 6) is 0.879. The number of rotatable bonds is 8. The molecule has 0 aliphatic heterocycles. The lowest BCUT2D eigenvalue weighted by atomic mass is 10.2. The highest BCUT2D eigenvalue weighted by Crippen LogP contribution is 2.17. The van der Waals surface area contributed by atoms with Crippen molar-refractivity contribution < 1.29 is 19.4 Å². The molecule has 17 heavy (non-hydrogen) atoms. The Balaban J connectivity index is 2.11. The van der Waals surface area contributed by atoms with Gasteiger partial charge < -0.3 is 14.6 Å². The van der Waals surface area contributed by atoms with Gasteiger partial charge in [0.25, 0.3) is 0 Å². The normalized spacial score (nSPS) is 9.94. The molecule has 1 aromatic carbocycles. The largest absolute Gasteiger partial charge is 0.497 e. The van der Waals surface area contributed by atoms with Gasteiger partial charge in [-0.25, -0.2) is 0 Å². The molecule has 0 saturated heterocycles. The van der Waals surface area contributed by atoms with Gasteiger partial charge in [0.1, 0.15) is 11.5 Å². The van der Waals surface area contributed by atoms with Crippen LogP contribution in [-0.4, -0.2) is 24.8 Å². The SMILES string of the molecule is COc1ccc(OCCCCCC(=O)O)cc1. The number of hydrogen-bond acceptors (Lipinski definition) is 3. The maximum atomic E-state index is 10.3. The number of carboxylic acids is 1. The van der Waals surface area contributed by atoms with E-state index in [9.17, 15) is 4.79 Å². The summed E-state index contributed by atoms with van der Waals surface area (Å²) in [6.45, 7) is 0.617. The minimum absolute atomic E-state index is 0.239. The van der Waals surface area contributed by atoms with Crippen molar-refractivity contribution in [1.29, 1.82) is 0 Å².